The van der Waals surface area contributed by atoms with Gasteiger partial charge in [-0.05, 0) is 70.3 Å². The Bertz CT molecular complexity index is 1670. The molecule has 6 aromatic rings. The SMILES string of the molecule is O[B]Oc1ccc(N(c2ccc(-c3ccc(-c4ccccc4)cc3)cc2)c2ccccc2-c2ccccc2)cc1. The number of benzene rings is 6. The lowest BCUT2D eigenvalue weighted by Gasteiger charge is -2.28. The molecule has 0 aliphatic heterocycles. The van der Waals surface area contributed by atoms with Crippen molar-refractivity contribution in [2.45, 2.75) is 0 Å². The molecule has 0 aromatic heterocycles. The van der Waals surface area contributed by atoms with Crippen LogP contribution >= 0.6 is 0 Å². The van der Waals surface area contributed by atoms with Gasteiger partial charge in [0.1, 0.15) is 5.75 Å². The van der Waals surface area contributed by atoms with Crippen LogP contribution < -0.4 is 9.55 Å². The quantitative estimate of drug-likeness (QED) is 0.205. The highest BCUT2D eigenvalue weighted by Gasteiger charge is 2.17. The zero-order valence-corrected chi connectivity index (χ0v) is 21.9. The highest BCUT2D eigenvalue weighted by Crippen LogP contribution is 2.41. The van der Waals surface area contributed by atoms with Crippen LogP contribution in [0.3, 0.4) is 0 Å². The van der Waals surface area contributed by atoms with Crippen LogP contribution in [-0.2, 0) is 0 Å². The summed E-state index contributed by atoms with van der Waals surface area (Å²) in [5.74, 6) is 0.567. The molecule has 191 valence electrons. The zero-order chi connectivity index (χ0) is 27.1. The molecule has 0 saturated carbocycles. The molecule has 3 nitrogen and oxygen atoms in total. The summed E-state index contributed by atoms with van der Waals surface area (Å²) >= 11 is 0. The number of hydrogen-bond acceptors (Lipinski definition) is 3. The Morgan fingerprint density at radius 3 is 1.40 bits per heavy atom. The van der Waals surface area contributed by atoms with Crippen LogP contribution in [-0.4, -0.2) is 12.7 Å². The Balaban J connectivity index is 1.38. The van der Waals surface area contributed by atoms with Crippen molar-refractivity contribution >= 4 is 24.7 Å². The first-order valence-electron chi connectivity index (χ1n) is 13.2. The van der Waals surface area contributed by atoms with Gasteiger partial charge in [-0.25, -0.2) is 0 Å². The van der Waals surface area contributed by atoms with Gasteiger partial charge < -0.3 is 14.6 Å². The molecule has 6 aromatic carbocycles. The normalized spacial score (nSPS) is 10.6. The summed E-state index contributed by atoms with van der Waals surface area (Å²) < 4.78 is 5.16. The summed E-state index contributed by atoms with van der Waals surface area (Å²) in [5.41, 5.74) is 10.1. The molecular formula is C36H27BNO2. The smallest absolute Gasteiger partial charge is 0.537 e. The summed E-state index contributed by atoms with van der Waals surface area (Å²) in [6.07, 6.45) is 0. The van der Waals surface area contributed by atoms with E-state index in [1.165, 1.54) is 16.7 Å². The second kappa shape index (κ2) is 11.8. The number of anilines is 3. The van der Waals surface area contributed by atoms with E-state index in [2.05, 4.69) is 126 Å². The minimum atomic E-state index is 0.567. The van der Waals surface area contributed by atoms with Crippen LogP contribution in [0.25, 0.3) is 33.4 Å². The highest BCUT2D eigenvalue weighted by molar-refractivity contribution is 6.17. The average molecular weight is 516 g/mol. The summed E-state index contributed by atoms with van der Waals surface area (Å²) in [6, 6.07) is 54.3. The van der Waals surface area contributed by atoms with Crippen LogP contribution in [0.4, 0.5) is 17.1 Å². The van der Waals surface area contributed by atoms with Crippen molar-refractivity contribution in [3.63, 3.8) is 0 Å². The molecule has 0 amide bonds. The van der Waals surface area contributed by atoms with Crippen molar-refractivity contribution in [1.29, 1.82) is 0 Å². The lowest BCUT2D eigenvalue weighted by Crippen LogP contribution is -2.11. The summed E-state index contributed by atoms with van der Waals surface area (Å²) in [6.45, 7) is 0. The summed E-state index contributed by atoms with van der Waals surface area (Å²) in [5, 5.41) is 9.05. The van der Waals surface area contributed by atoms with Crippen LogP contribution in [0.2, 0.25) is 0 Å². The van der Waals surface area contributed by atoms with Crippen molar-refractivity contribution in [2.75, 3.05) is 4.90 Å². The van der Waals surface area contributed by atoms with Crippen LogP contribution in [0.1, 0.15) is 0 Å². The molecule has 0 fully saturated rings. The maximum Gasteiger partial charge on any atom is 0.569 e. The van der Waals surface area contributed by atoms with E-state index < -0.39 is 0 Å². The first kappa shape index (κ1) is 25.2. The lowest BCUT2D eigenvalue weighted by atomic mass is 9.99. The minimum Gasteiger partial charge on any atom is -0.537 e. The van der Waals surface area contributed by atoms with Gasteiger partial charge in [0.2, 0.25) is 0 Å². The van der Waals surface area contributed by atoms with Gasteiger partial charge in [0, 0.05) is 16.9 Å². The molecule has 0 aliphatic rings. The third-order valence-electron chi connectivity index (χ3n) is 6.96. The van der Waals surface area contributed by atoms with E-state index >= 15 is 0 Å². The fourth-order valence-corrected chi connectivity index (χ4v) is 4.98. The van der Waals surface area contributed by atoms with Crippen molar-refractivity contribution in [3.05, 3.63) is 158 Å². The van der Waals surface area contributed by atoms with E-state index in [1.807, 2.05) is 36.4 Å². The Hall–Kier alpha value is -5.06. The number of rotatable bonds is 8. The van der Waals surface area contributed by atoms with Crippen LogP contribution in [0, 0.1) is 0 Å². The van der Waals surface area contributed by atoms with Gasteiger partial charge in [0.05, 0.1) is 5.69 Å². The van der Waals surface area contributed by atoms with Gasteiger partial charge in [-0.2, -0.15) is 0 Å². The van der Waals surface area contributed by atoms with Crippen LogP contribution in [0.15, 0.2) is 158 Å². The standard InChI is InChI=1S/C36H27BNO2/c39-37-40-34-25-23-33(24-26-34)38(36-14-8-7-13-35(36)31-11-5-2-6-12-31)32-21-19-30(20-22-32)29-17-15-28(16-18-29)27-9-3-1-4-10-27/h1-26,39H. The van der Waals surface area contributed by atoms with Gasteiger partial charge in [-0.1, -0.05) is 115 Å². The van der Waals surface area contributed by atoms with Crippen molar-refractivity contribution in [2.24, 2.45) is 0 Å². The second-order valence-electron chi connectivity index (χ2n) is 9.43. The third kappa shape index (κ3) is 5.39. The molecular weight excluding hydrogens is 489 g/mol. The first-order chi connectivity index (χ1) is 19.8. The van der Waals surface area contributed by atoms with Gasteiger partial charge in [-0.3, -0.25) is 0 Å². The molecule has 1 radical (unpaired) electrons. The van der Waals surface area contributed by atoms with Crippen molar-refractivity contribution in [3.8, 4) is 39.1 Å². The van der Waals surface area contributed by atoms with Crippen molar-refractivity contribution in [1.82, 2.24) is 0 Å². The maximum absolute atomic E-state index is 9.05. The van der Waals surface area contributed by atoms with E-state index in [1.54, 1.807) is 0 Å². The molecule has 6 rings (SSSR count). The molecule has 0 saturated heterocycles. The van der Waals surface area contributed by atoms with Gasteiger partial charge in [-0.15, -0.1) is 0 Å². The topological polar surface area (TPSA) is 32.7 Å². The monoisotopic (exact) mass is 516 g/mol. The van der Waals surface area contributed by atoms with Crippen molar-refractivity contribution < 1.29 is 9.68 Å². The average Bonchev–Trinajstić information content (AvgIpc) is 3.04. The summed E-state index contributed by atoms with van der Waals surface area (Å²) in [4.78, 5) is 2.25. The maximum atomic E-state index is 9.05. The Kier molecular flexibility index (Phi) is 7.43. The Labute approximate surface area is 235 Å². The van der Waals surface area contributed by atoms with Gasteiger partial charge in [0.15, 0.2) is 0 Å². The molecule has 0 heterocycles. The molecule has 0 aliphatic carbocycles. The van der Waals surface area contributed by atoms with E-state index in [4.69, 9.17) is 9.68 Å². The molecule has 0 atom stereocenters. The molecule has 4 heteroatoms. The molecule has 40 heavy (non-hydrogen) atoms. The summed E-state index contributed by atoms with van der Waals surface area (Å²) in [7, 11) is 0.697. The number of para-hydroxylation sites is 1. The minimum absolute atomic E-state index is 0.567. The Morgan fingerprint density at radius 2 is 0.850 bits per heavy atom. The number of hydrogen-bond donors (Lipinski definition) is 1. The van der Waals surface area contributed by atoms with E-state index in [9.17, 15) is 0 Å². The largest absolute Gasteiger partial charge is 0.569 e. The first-order valence-corrected chi connectivity index (χ1v) is 13.2. The molecule has 1 N–H and O–H groups in total. The lowest BCUT2D eigenvalue weighted by molar-refractivity contribution is 0.454. The second-order valence-corrected chi connectivity index (χ2v) is 9.43. The highest BCUT2D eigenvalue weighted by atomic mass is 16.5. The van der Waals surface area contributed by atoms with Gasteiger partial charge in [0.25, 0.3) is 0 Å². The van der Waals surface area contributed by atoms with E-state index in [0.717, 1.165) is 33.8 Å². The zero-order valence-electron chi connectivity index (χ0n) is 21.9. The van der Waals surface area contributed by atoms with E-state index in [-0.39, 0.29) is 0 Å². The fraction of sp³-hybridized carbons (Fsp3) is 0. The number of nitrogens with zero attached hydrogens (tertiary/aromatic N) is 1. The molecule has 0 spiro atoms. The Morgan fingerprint density at radius 1 is 0.425 bits per heavy atom. The predicted octanol–water partition coefficient (Wildman–Crippen LogP) is 9.06. The fourth-order valence-electron chi connectivity index (χ4n) is 4.98. The predicted molar refractivity (Wildman–Crippen MR) is 166 cm³/mol. The van der Waals surface area contributed by atoms with Crippen LogP contribution in [0.5, 0.6) is 5.75 Å². The van der Waals surface area contributed by atoms with Gasteiger partial charge >= 0.3 is 7.69 Å². The third-order valence-corrected chi connectivity index (χ3v) is 6.96. The molecule has 0 unspecified atom stereocenters. The molecule has 0 bridgehead atoms. The van der Waals surface area contributed by atoms with E-state index in [0.29, 0.717) is 13.4 Å².